The molecule has 0 unspecified atom stereocenters. The molecule has 22 heavy (non-hydrogen) atoms. The number of hydrogen-bond donors (Lipinski definition) is 1. The first-order chi connectivity index (χ1) is 10.1. The molecule has 120 valence electrons. The van der Waals surface area contributed by atoms with Crippen LogP contribution in [0.15, 0.2) is 22.7 Å². The third kappa shape index (κ3) is 3.08. The maximum absolute atomic E-state index is 11.7. The van der Waals surface area contributed by atoms with Crippen LogP contribution in [0.3, 0.4) is 0 Å². The van der Waals surface area contributed by atoms with Crippen molar-refractivity contribution < 1.29 is 14.0 Å². The number of hydrogen-bond acceptors (Lipinski definition) is 3. The average Bonchev–Trinajstić information content (AvgIpc) is 2.73. The molecule has 0 radical (unpaired) electrons. The topological polar surface area (TPSA) is 51.3 Å². The van der Waals surface area contributed by atoms with Gasteiger partial charge in [-0.1, -0.05) is 20.8 Å². The van der Waals surface area contributed by atoms with E-state index in [0.29, 0.717) is 10.2 Å². The third-order valence-electron chi connectivity index (χ3n) is 4.28. The van der Waals surface area contributed by atoms with Gasteiger partial charge in [0.05, 0.1) is 17.1 Å². The molecule has 6 heteroatoms. The summed E-state index contributed by atoms with van der Waals surface area (Å²) >= 11 is 3.45. The van der Waals surface area contributed by atoms with Crippen molar-refractivity contribution in [2.75, 3.05) is 7.11 Å². The summed E-state index contributed by atoms with van der Waals surface area (Å²) in [6.07, 6.45) is 0. The van der Waals surface area contributed by atoms with E-state index >= 15 is 0 Å². The maximum atomic E-state index is 11.7. The number of rotatable bonds is 3. The van der Waals surface area contributed by atoms with E-state index in [1.54, 1.807) is 0 Å². The van der Waals surface area contributed by atoms with Crippen LogP contribution in [0, 0.1) is 0 Å². The number of esters is 1. The van der Waals surface area contributed by atoms with Gasteiger partial charge in [-0.05, 0) is 46.2 Å². The van der Waals surface area contributed by atoms with Crippen LogP contribution in [0.5, 0.6) is 5.75 Å². The van der Waals surface area contributed by atoms with Crippen molar-refractivity contribution in [2.24, 2.45) is 0 Å². The molecule has 1 aromatic carbocycles. The molecule has 0 saturated carbocycles. The SMILES string of the molecule is COC(=O)c1[nH]c2cc(O[Si](C)(C)C(C)(C)C)ccc2c1Br. The molecule has 1 N–H and O–H groups in total. The Bertz CT molecular complexity index is 716. The normalized spacial score (nSPS) is 12.5. The molecule has 4 nitrogen and oxygen atoms in total. The van der Waals surface area contributed by atoms with Crippen LogP contribution in [0.2, 0.25) is 18.1 Å². The summed E-state index contributed by atoms with van der Waals surface area (Å²) in [5, 5.41) is 1.07. The second kappa shape index (κ2) is 5.74. The smallest absolute Gasteiger partial charge is 0.355 e. The van der Waals surface area contributed by atoms with Crippen LogP contribution in [0.1, 0.15) is 31.3 Å². The lowest BCUT2D eigenvalue weighted by Crippen LogP contribution is -2.43. The Kier molecular flexibility index (Phi) is 4.46. The number of fused-ring (bicyclic) bond motifs is 1. The van der Waals surface area contributed by atoms with Gasteiger partial charge < -0.3 is 14.1 Å². The zero-order valence-corrected chi connectivity index (χ0v) is 16.4. The van der Waals surface area contributed by atoms with Crippen molar-refractivity contribution >= 4 is 41.1 Å². The number of halogens is 1. The Morgan fingerprint density at radius 2 is 1.91 bits per heavy atom. The van der Waals surface area contributed by atoms with Crippen LogP contribution >= 0.6 is 15.9 Å². The molecule has 0 aliphatic carbocycles. The highest BCUT2D eigenvalue weighted by atomic mass is 79.9. The van der Waals surface area contributed by atoms with E-state index in [1.165, 1.54) is 7.11 Å². The largest absolute Gasteiger partial charge is 0.543 e. The van der Waals surface area contributed by atoms with Gasteiger partial charge in [-0.15, -0.1) is 0 Å². The summed E-state index contributed by atoms with van der Waals surface area (Å²) in [7, 11) is -0.518. The number of methoxy groups -OCH3 is 1. The average molecular weight is 384 g/mol. The molecular formula is C16H22BrNO3Si. The van der Waals surface area contributed by atoms with Gasteiger partial charge in [-0.25, -0.2) is 4.79 Å². The summed E-state index contributed by atoms with van der Waals surface area (Å²) < 4.78 is 11.8. The zero-order valence-electron chi connectivity index (χ0n) is 13.8. The van der Waals surface area contributed by atoms with Crippen LogP contribution in [-0.2, 0) is 4.74 Å². The van der Waals surface area contributed by atoms with Gasteiger partial charge >= 0.3 is 5.97 Å². The summed E-state index contributed by atoms with van der Waals surface area (Å²) in [6.45, 7) is 11.0. The highest BCUT2D eigenvalue weighted by Crippen LogP contribution is 2.38. The van der Waals surface area contributed by atoms with E-state index < -0.39 is 14.3 Å². The molecule has 1 aromatic heterocycles. The Balaban J connectivity index is 2.42. The van der Waals surface area contributed by atoms with Gasteiger partial charge in [0, 0.05) is 11.5 Å². The lowest BCUT2D eigenvalue weighted by Gasteiger charge is -2.36. The zero-order chi connectivity index (χ0) is 16.7. The fourth-order valence-electron chi connectivity index (χ4n) is 1.90. The first-order valence-corrected chi connectivity index (χ1v) is 10.9. The minimum absolute atomic E-state index is 0.134. The molecule has 0 amide bonds. The van der Waals surface area contributed by atoms with Crippen LogP contribution in [0.25, 0.3) is 10.9 Å². The second-order valence-electron chi connectivity index (χ2n) is 6.88. The lowest BCUT2D eigenvalue weighted by molar-refractivity contribution is 0.0594. The maximum Gasteiger partial charge on any atom is 0.355 e. The Labute approximate surface area is 140 Å². The number of H-pyrrole nitrogens is 1. The standard InChI is InChI=1S/C16H22BrNO3Si/c1-16(2,3)22(5,6)21-10-7-8-11-12(9-10)18-14(13(11)17)15(19)20-4/h7-9,18H,1-6H3. The van der Waals surface area contributed by atoms with E-state index in [0.717, 1.165) is 16.7 Å². The number of ether oxygens (including phenoxy) is 1. The third-order valence-corrected chi connectivity index (χ3v) is 9.46. The van der Waals surface area contributed by atoms with Gasteiger partial charge in [0.2, 0.25) is 8.32 Å². The van der Waals surface area contributed by atoms with Crippen molar-refractivity contribution in [3.8, 4) is 5.75 Å². The predicted molar refractivity (Wildman–Crippen MR) is 95.2 cm³/mol. The van der Waals surface area contributed by atoms with Crippen molar-refractivity contribution in [1.82, 2.24) is 4.98 Å². The Morgan fingerprint density at radius 3 is 2.45 bits per heavy atom. The highest BCUT2D eigenvalue weighted by molar-refractivity contribution is 9.10. The van der Waals surface area contributed by atoms with Gasteiger partial charge in [0.15, 0.2) is 0 Å². The van der Waals surface area contributed by atoms with Crippen molar-refractivity contribution in [3.05, 3.63) is 28.4 Å². The highest BCUT2D eigenvalue weighted by Gasteiger charge is 2.39. The van der Waals surface area contributed by atoms with Gasteiger partial charge in [-0.3, -0.25) is 0 Å². The number of carbonyl (C=O) groups excluding carboxylic acids is 1. The van der Waals surface area contributed by atoms with E-state index in [2.05, 4.69) is 54.8 Å². The minimum Gasteiger partial charge on any atom is -0.543 e. The second-order valence-corrected chi connectivity index (χ2v) is 12.4. The number of aromatic nitrogens is 1. The summed E-state index contributed by atoms with van der Waals surface area (Å²) in [6, 6.07) is 5.83. The molecule has 0 saturated heterocycles. The molecule has 0 atom stereocenters. The lowest BCUT2D eigenvalue weighted by atomic mass is 10.2. The monoisotopic (exact) mass is 383 g/mol. The number of benzene rings is 1. The van der Waals surface area contributed by atoms with Gasteiger partial charge in [-0.2, -0.15) is 0 Å². The Morgan fingerprint density at radius 1 is 1.27 bits per heavy atom. The molecule has 0 aliphatic heterocycles. The molecule has 2 rings (SSSR count). The van der Waals surface area contributed by atoms with Gasteiger partial charge in [0.1, 0.15) is 11.4 Å². The fraction of sp³-hybridized carbons (Fsp3) is 0.438. The molecule has 1 heterocycles. The van der Waals surface area contributed by atoms with E-state index in [9.17, 15) is 4.79 Å². The molecule has 0 aliphatic rings. The van der Waals surface area contributed by atoms with Crippen LogP contribution in [-0.4, -0.2) is 26.4 Å². The minimum atomic E-state index is -1.89. The molecule has 0 fully saturated rings. The molecule has 2 aromatic rings. The fourth-order valence-corrected chi connectivity index (χ4v) is 3.53. The van der Waals surface area contributed by atoms with Crippen molar-refractivity contribution in [3.63, 3.8) is 0 Å². The van der Waals surface area contributed by atoms with Crippen molar-refractivity contribution in [2.45, 2.75) is 38.9 Å². The van der Waals surface area contributed by atoms with Crippen LogP contribution < -0.4 is 4.43 Å². The summed E-state index contributed by atoms with van der Waals surface area (Å²) in [5.74, 6) is 0.430. The number of carbonyl (C=O) groups is 1. The van der Waals surface area contributed by atoms with Gasteiger partial charge in [0.25, 0.3) is 0 Å². The summed E-state index contributed by atoms with van der Waals surface area (Å²) in [4.78, 5) is 14.8. The summed E-state index contributed by atoms with van der Waals surface area (Å²) in [5.41, 5.74) is 1.27. The van der Waals surface area contributed by atoms with Crippen LogP contribution in [0.4, 0.5) is 0 Å². The Hall–Kier alpha value is -1.27. The predicted octanol–water partition coefficient (Wildman–Crippen LogP) is 5.10. The van der Waals surface area contributed by atoms with E-state index in [-0.39, 0.29) is 5.04 Å². The molecule has 0 spiro atoms. The first kappa shape index (κ1) is 17.1. The molecular weight excluding hydrogens is 362 g/mol. The quantitative estimate of drug-likeness (QED) is 0.592. The molecule has 0 bridgehead atoms. The number of nitrogens with one attached hydrogen (secondary N) is 1. The van der Waals surface area contributed by atoms with E-state index in [1.807, 2.05) is 18.2 Å². The van der Waals surface area contributed by atoms with Crippen molar-refractivity contribution in [1.29, 1.82) is 0 Å². The van der Waals surface area contributed by atoms with E-state index in [4.69, 9.17) is 9.16 Å². The first-order valence-electron chi connectivity index (χ1n) is 7.15. The number of aromatic amines is 1.